The van der Waals surface area contributed by atoms with E-state index in [2.05, 4.69) is 15.3 Å². The molecule has 3 rings (SSSR count). The van der Waals surface area contributed by atoms with Gasteiger partial charge in [0.25, 0.3) is 5.91 Å². The van der Waals surface area contributed by atoms with E-state index in [0.29, 0.717) is 17.0 Å². The summed E-state index contributed by atoms with van der Waals surface area (Å²) in [6.45, 7) is 0. The van der Waals surface area contributed by atoms with E-state index >= 15 is 0 Å². The van der Waals surface area contributed by atoms with Crippen LogP contribution in [0.2, 0.25) is 0 Å². The molecule has 0 unspecified atom stereocenters. The number of benzene rings is 2. The highest BCUT2D eigenvalue weighted by atomic mass is 16.5. The zero-order valence-electron chi connectivity index (χ0n) is 12.0. The van der Waals surface area contributed by atoms with Gasteiger partial charge in [0.1, 0.15) is 11.6 Å². The summed E-state index contributed by atoms with van der Waals surface area (Å²) in [7, 11) is 1.57. The van der Waals surface area contributed by atoms with Crippen molar-refractivity contribution in [1.29, 1.82) is 0 Å². The molecule has 0 fully saturated rings. The Bertz CT molecular complexity index is 765. The maximum Gasteiger partial charge on any atom is 0.255 e. The smallest absolute Gasteiger partial charge is 0.255 e. The number of carbonyl (C=O) groups excluding carboxylic acids is 1. The number of nitrogens with one attached hydrogen (secondary N) is 2. The maximum atomic E-state index is 12.3. The lowest BCUT2D eigenvalue weighted by atomic mass is 10.1. The van der Waals surface area contributed by atoms with Crippen molar-refractivity contribution in [1.82, 2.24) is 9.97 Å². The van der Waals surface area contributed by atoms with Crippen LogP contribution in [-0.4, -0.2) is 23.0 Å². The van der Waals surface area contributed by atoms with Crippen LogP contribution in [0.15, 0.2) is 60.9 Å². The van der Waals surface area contributed by atoms with Crippen molar-refractivity contribution < 1.29 is 9.53 Å². The van der Waals surface area contributed by atoms with Gasteiger partial charge in [-0.1, -0.05) is 24.3 Å². The van der Waals surface area contributed by atoms with Crippen LogP contribution >= 0.6 is 0 Å². The number of para-hydroxylation sites is 2. The average Bonchev–Trinajstić information content (AvgIpc) is 3.10. The number of carbonyl (C=O) groups is 1. The van der Waals surface area contributed by atoms with E-state index < -0.39 is 0 Å². The van der Waals surface area contributed by atoms with Gasteiger partial charge in [-0.2, -0.15) is 0 Å². The molecule has 0 saturated heterocycles. The first-order valence-electron chi connectivity index (χ1n) is 6.82. The predicted octanol–water partition coefficient (Wildman–Crippen LogP) is 3.34. The van der Waals surface area contributed by atoms with Crippen LogP contribution < -0.4 is 10.1 Å². The minimum atomic E-state index is -0.185. The lowest BCUT2D eigenvalue weighted by molar-refractivity contribution is 0.102. The van der Waals surface area contributed by atoms with Crippen LogP contribution in [0, 0.1) is 0 Å². The molecule has 2 aromatic carbocycles. The van der Waals surface area contributed by atoms with Crippen molar-refractivity contribution in [2.75, 3.05) is 12.4 Å². The number of rotatable bonds is 4. The lowest BCUT2D eigenvalue weighted by Gasteiger charge is -2.10. The molecule has 5 heteroatoms. The van der Waals surface area contributed by atoms with Gasteiger partial charge in [0.2, 0.25) is 0 Å². The van der Waals surface area contributed by atoms with Crippen LogP contribution in [-0.2, 0) is 0 Å². The number of hydrogen-bond acceptors (Lipinski definition) is 3. The third kappa shape index (κ3) is 2.83. The van der Waals surface area contributed by atoms with Gasteiger partial charge < -0.3 is 15.0 Å². The molecular weight excluding hydrogens is 278 g/mol. The first-order valence-corrected chi connectivity index (χ1v) is 6.82. The lowest BCUT2D eigenvalue weighted by Crippen LogP contribution is -2.12. The third-order valence-corrected chi connectivity index (χ3v) is 3.27. The molecule has 0 aliphatic heterocycles. The number of aromatic amines is 1. The zero-order valence-corrected chi connectivity index (χ0v) is 12.0. The first kappa shape index (κ1) is 13.9. The van der Waals surface area contributed by atoms with Gasteiger partial charge in [-0.15, -0.1) is 0 Å². The molecule has 0 spiro atoms. The van der Waals surface area contributed by atoms with E-state index in [1.54, 1.807) is 43.8 Å². The fourth-order valence-electron chi connectivity index (χ4n) is 2.15. The average molecular weight is 293 g/mol. The number of hydrogen-bond donors (Lipinski definition) is 2. The molecule has 0 atom stereocenters. The highest BCUT2D eigenvalue weighted by Crippen LogP contribution is 2.24. The summed E-state index contributed by atoms with van der Waals surface area (Å²) in [5.41, 5.74) is 2.14. The summed E-state index contributed by atoms with van der Waals surface area (Å²) in [6, 6.07) is 14.5. The molecule has 22 heavy (non-hydrogen) atoms. The van der Waals surface area contributed by atoms with Gasteiger partial charge in [0.05, 0.1) is 12.8 Å². The summed E-state index contributed by atoms with van der Waals surface area (Å²) < 4.78 is 5.22. The molecule has 0 radical (unpaired) electrons. The molecular formula is C17H15N3O2. The topological polar surface area (TPSA) is 67.0 Å². The van der Waals surface area contributed by atoms with E-state index in [1.165, 1.54) is 0 Å². The summed E-state index contributed by atoms with van der Waals surface area (Å²) in [6.07, 6.45) is 3.45. The Kier molecular flexibility index (Phi) is 3.87. The molecule has 0 saturated carbocycles. The van der Waals surface area contributed by atoms with Crippen molar-refractivity contribution in [2.24, 2.45) is 0 Å². The largest absolute Gasteiger partial charge is 0.495 e. The fraction of sp³-hybridized carbons (Fsp3) is 0.0588. The van der Waals surface area contributed by atoms with E-state index in [9.17, 15) is 4.79 Å². The van der Waals surface area contributed by atoms with E-state index in [0.717, 1.165) is 11.4 Å². The third-order valence-electron chi connectivity index (χ3n) is 3.27. The van der Waals surface area contributed by atoms with Crippen molar-refractivity contribution in [2.45, 2.75) is 0 Å². The zero-order chi connectivity index (χ0) is 15.4. The van der Waals surface area contributed by atoms with Crippen LogP contribution in [0.1, 0.15) is 10.4 Å². The monoisotopic (exact) mass is 293 g/mol. The van der Waals surface area contributed by atoms with Crippen molar-refractivity contribution in [3.63, 3.8) is 0 Å². The standard InChI is InChI=1S/C17H15N3O2/c1-22-15-5-3-2-4-14(15)20-17(21)13-8-6-12(7-9-13)16-18-10-11-19-16/h2-11H,1H3,(H,18,19)(H,20,21). The second-order valence-electron chi connectivity index (χ2n) is 4.67. The van der Waals surface area contributed by atoms with E-state index in [-0.39, 0.29) is 5.91 Å². The number of nitrogens with zero attached hydrogens (tertiary/aromatic N) is 1. The van der Waals surface area contributed by atoms with Gasteiger partial charge >= 0.3 is 0 Å². The second-order valence-corrected chi connectivity index (χ2v) is 4.67. The Hall–Kier alpha value is -3.08. The number of imidazole rings is 1. The number of ether oxygens (including phenoxy) is 1. The number of amides is 1. The highest BCUT2D eigenvalue weighted by molar-refractivity contribution is 6.05. The molecule has 0 aliphatic rings. The van der Waals surface area contributed by atoms with Gasteiger partial charge in [-0.05, 0) is 24.3 Å². The molecule has 0 bridgehead atoms. The Labute approximate surface area is 128 Å². The Morgan fingerprint density at radius 3 is 2.59 bits per heavy atom. The number of anilines is 1. The van der Waals surface area contributed by atoms with Gasteiger partial charge in [-0.3, -0.25) is 4.79 Å². The Balaban J connectivity index is 1.78. The Morgan fingerprint density at radius 2 is 1.91 bits per heavy atom. The molecule has 1 amide bonds. The SMILES string of the molecule is COc1ccccc1NC(=O)c1ccc(-c2ncc[nH]2)cc1. The second kappa shape index (κ2) is 6.13. The summed E-state index contributed by atoms with van der Waals surface area (Å²) >= 11 is 0. The fourth-order valence-corrected chi connectivity index (χ4v) is 2.15. The van der Waals surface area contributed by atoms with Crippen molar-refractivity contribution >= 4 is 11.6 Å². The Morgan fingerprint density at radius 1 is 1.14 bits per heavy atom. The number of aromatic nitrogens is 2. The van der Waals surface area contributed by atoms with E-state index in [1.807, 2.05) is 24.3 Å². The quantitative estimate of drug-likeness (QED) is 0.775. The molecule has 110 valence electrons. The molecule has 2 N–H and O–H groups in total. The summed E-state index contributed by atoms with van der Waals surface area (Å²) in [4.78, 5) is 19.5. The summed E-state index contributed by atoms with van der Waals surface area (Å²) in [5.74, 6) is 1.22. The van der Waals surface area contributed by atoms with Crippen molar-refractivity contribution in [3.8, 4) is 17.1 Å². The molecule has 5 nitrogen and oxygen atoms in total. The van der Waals surface area contributed by atoms with Crippen LogP contribution in [0.3, 0.4) is 0 Å². The normalized spacial score (nSPS) is 10.2. The maximum absolute atomic E-state index is 12.3. The van der Waals surface area contributed by atoms with Crippen LogP contribution in [0.25, 0.3) is 11.4 Å². The molecule has 3 aromatic rings. The first-order chi connectivity index (χ1) is 10.8. The molecule has 1 aromatic heterocycles. The van der Waals surface area contributed by atoms with Gasteiger partial charge in [0.15, 0.2) is 0 Å². The number of methoxy groups -OCH3 is 1. The summed E-state index contributed by atoms with van der Waals surface area (Å²) in [5, 5.41) is 2.84. The van der Waals surface area contributed by atoms with E-state index in [4.69, 9.17) is 4.74 Å². The van der Waals surface area contributed by atoms with Crippen LogP contribution in [0.5, 0.6) is 5.75 Å². The predicted molar refractivity (Wildman–Crippen MR) is 85.0 cm³/mol. The highest BCUT2D eigenvalue weighted by Gasteiger charge is 2.09. The van der Waals surface area contributed by atoms with Crippen LogP contribution in [0.4, 0.5) is 5.69 Å². The molecule has 0 aliphatic carbocycles. The number of H-pyrrole nitrogens is 1. The minimum Gasteiger partial charge on any atom is -0.495 e. The van der Waals surface area contributed by atoms with Gasteiger partial charge in [0, 0.05) is 23.5 Å². The van der Waals surface area contributed by atoms with Crippen molar-refractivity contribution in [3.05, 3.63) is 66.5 Å². The molecule has 1 heterocycles. The minimum absolute atomic E-state index is 0.185. The van der Waals surface area contributed by atoms with Gasteiger partial charge in [-0.25, -0.2) is 4.98 Å².